The molecule has 3 N–H and O–H groups in total. The quantitative estimate of drug-likeness (QED) is 0.567. The van der Waals surface area contributed by atoms with Crippen molar-refractivity contribution >= 4 is 26.6 Å². The first-order valence-corrected chi connectivity index (χ1v) is 8.33. The monoisotopic (exact) mass is 329 g/mol. The maximum Gasteiger partial charge on any atom is 0.339 e. The zero-order chi connectivity index (χ0) is 16.4. The molecular formula is C17H15NO4S. The average Bonchev–Trinajstić information content (AvgIpc) is 2.55. The summed E-state index contributed by atoms with van der Waals surface area (Å²) in [7, 11) is -3.99. The minimum Gasteiger partial charge on any atom is -0.398 e. The van der Waals surface area contributed by atoms with Gasteiger partial charge in [0.15, 0.2) is 0 Å². The highest BCUT2D eigenvalue weighted by atomic mass is 32.2. The predicted octanol–water partition coefficient (Wildman–Crippen LogP) is 2.68. The highest BCUT2D eigenvalue weighted by Crippen LogP contribution is 2.29. The zero-order valence-electron chi connectivity index (χ0n) is 12.1. The van der Waals surface area contributed by atoms with Crippen LogP contribution in [-0.2, 0) is 16.7 Å². The summed E-state index contributed by atoms with van der Waals surface area (Å²) in [5.74, 6) is 0.183. The van der Waals surface area contributed by atoms with E-state index in [1.54, 1.807) is 42.5 Å². The topological polar surface area (TPSA) is 89.6 Å². The number of hydrogen-bond donors (Lipinski definition) is 2. The minimum atomic E-state index is -3.99. The highest BCUT2D eigenvalue weighted by molar-refractivity contribution is 7.87. The molecule has 6 heteroatoms. The molecular weight excluding hydrogens is 314 g/mol. The van der Waals surface area contributed by atoms with Crippen LogP contribution in [0.1, 0.15) is 5.56 Å². The van der Waals surface area contributed by atoms with Gasteiger partial charge in [0, 0.05) is 16.5 Å². The van der Waals surface area contributed by atoms with E-state index in [1.807, 2.05) is 0 Å². The fraction of sp³-hybridized carbons (Fsp3) is 0.0588. The van der Waals surface area contributed by atoms with Gasteiger partial charge in [-0.05, 0) is 29.8 Å². The van der Waals surface area contributed by atoms with E-state index >= 15 is 0 Å². The van der Waals surface area contributed by atoms with E-state index in [-0.39, 0.29) is 17.3 Å². The van der Waals surface area contributed by atoms with Crippen molar-refractivity contribution in [2.24, 2.45) is 0 Å². The van der Waals surface area contributed by atoms with Crippen molar-refractivity contribution in [3.8, 4) is 5.75 Å². The molecule has 0 amide bonds. The fourth-order valence-corrected chi connectivity index (χ4v) is 3.49. The Morgan fingerprint density at radius 1 is 0.913 bits per heavy atom. The van der Waals surface area contributed by atoms with E-state index in [0.717, 1.165) is 0 Å². The molecule has 3 aromatic rings. The van der Waals surface area contributed by atoms with Gasteiger partial charge in [0.1, 0.15) is 10.6 Å². The normalized spacial score (nSPS) is 11.5. The molecule has 0 aliphatic heterocycles. The second-order valence-corrected chi connectivity index (χ2v) is 6.55. The van der Waals surface area contributed by atoms with Crippen molar-refractivity contribution in [1.29, 1.82) is 0 Å². The van der Waals surface area contributed by atoms with E-state index < -0.39 is 10.1 Å². The Hall–Kier alpha value is -2.57. The average molecular weight is 329 g/mol. The molecule has 5 nitrogen and oxygen atoms in total. The Kier molecular flexibility index (Phi) is 3.94. The van der Waals surface area contributed by atoms with Crippen molar-refractivity contribution in [1.82, 2.24) is 0 Å². The van der Waals surface area contributed by atoms with Crippen LogP contribution in [0.5, 0.6) is 5.75 Å². The van der Waals surface area contributed by atoms with E-state index in [0.29, 0.717) is 22.0 Å². The molecule has 3 aromatic carbocycles. The molecule has 0 unspecified atom stereocenters. The molecule has 0 fully saturated rings. The Morgan fingerprint density at radius 3 is 2.26 bits per heavy atom. The van der Waals surface area contributed by atoms with E-state index in [2.05, 4.69) is 0 Å². The fourth-order valence-electron chi connectivity index (χ4n) is 2.35. The predicted molar refractivity (Wildman–Crippen MR) is 88.5 cm³/mol. The van der Waals surface area contributed by atoms with Crippen LogP contribution < -0.4 is 9.92 Å². The van der Waals surface area contributed by atoms with Crippen molar-refractivity contribution in [3.05, 3.63) is 66.2 Å². The summed E-state index contributed by atoms with van der Waals surface area (Å²) >= 11 is 0. The summed E-state index contributed by atoms with van der Waals surface area (Å²) in [5.41, 5.74) is 7.07. The summed E-state index contributed by atoms with van der Waals surface area (Å²) in [6, 6.07) is 16.2. The smallest absolute Gasteiger partial charge is 0.339 e. The SMILES string of the molecule is Nc1cccc2c(S(=O)(=O)Oc3ccc(CO)cc3)cccc12. The van der Waals surface area contributed by atoms with E-state index in [9.17, 15) is 8.42 Å². The number of nitrogens with two attached hydrogens (primary N) is 1. The number of aliphatic hydroxyl groups is 1. The second-order valence-electron chi connectivity index (χ2n) is 5.04. The van der Waals surface area contributed by atoms with Crippen LogP contribution in [0.2, 0.25) is 0 Å². The van der Waals surface area contributed by atoms with Gasteiger partial charge in [-0.3, -0.25) is 0 Å². The molecule has 0 atom stereocenters. The van der Waals surface area contributed by atoms with Crippen LogP contribution in [0.15, 0.2) is 65.6 Å². The Bertz CT molecular complexity index is 950. The van der Waals surface area contributed by atoms with Gasteiger partial charge in [0.25, 0.3) is 0 Å². The largest absolute Gasteiger partial charge is 0.398 e. The van der Waals surface area contributed by atoms with Crippen LogP contribution in [-0.4, -0.2) is 13.5 Å². The molecule has 0 saturated carbocycles. The lowest BCUT2D eigenvalue weighted by atomic mass is 10.1. The lowest BCUT2D eigenvalue weighted by molar-refractivity contribution is 0.282. The first kappa shape index (κ1) is 15.3. The van der Waals surface area contributed by atoms with Crippen molar-refractivity contribution < 1.29 is 17.7 Å². The van der Waals surface area contributed by atoms with Gasteiger partial charge in [-0.1, -0.05) is 36.4 Å². The van der Waals surface area contributed by atoms with Crippen molar-refractivity contribution in [2.75, 3.05) is 5.73 Å². The summed E-state index contributed by atoms with van der Waals surface area (Å²) in [4.78, 5) is 0.0635. The highest BCUT2D eigenvalue weighted by Gasteiger charge is 2.20. The summed E-state index contributed by atoms with van der Waals surface area (Å²) < 4.78 is 30.3. The van der Waals surface area contributed by atoms with Gasteiger partial charge in [-0.25, -0.2) is 0 Å². The third kappa shape index (κ3) is 2.99. The first-order chi connectivity index (χ1) is 11.0. The van der Waals surface area contributed by atoms with E-state index in [4.69, 9.17) is 15.0 Å². The number of benzene rings is 3. The molecule has 0 spiro atoms. The minimum absolute atomic E-state index is 0.0635. The third-order valence-corrected chi connectivity index (χ3v) is 4.80. The van der Waals surface area contributed by atoms with Gasteiger partial charge in [-0.2, -0.15) is 8.42 Å². The van der Waals surface area contributed by atoms with Crippen LogP contribution in [0.25, 0.3) is 10.8 Å². The lowest BCUT2D eigenvalue weighted by Crippen LogP contribution is -2.10. The molecule has 0 saturated heterocycles. The molecule has 0 heterocycles. The number of nitrogen functional groups attached to an aromatic ring is 1. The summed E-state index contributed by atoms with van der Waals surface area (Å²) in [6.45, 7) is -0.115. The molecule has 0 aromatic heterocycles. The zero-order valence-corrected chi connectivity index (χ0v) is 13.0. The van der Waals surface area contributed by atoms with Gasteiger partial charge in [0.05, 0.1) is 6.61 Å². The van der Waals surface area contributed by atoms with Gasteiger partial charge >= 0.3 is 10.1 Å². The van der Waals surface area contributed by atoms with Crippen LogP contribution in [0.3, 0.4) is 0 Å². The maximum atomic E-state index is 12.6. The molecule has 3 rings (SSSR count). The summed E-state index contributed by atoms with van der Waals surface area (Å²) in [6.07, 6.45) is 0. The Morgan fingerprint density at radius 2 is 1.57 bits per heavy atom. The molecule has 118 valence electrons. The summed E-state index contributed by atoms with van der Waals surface area (Å²) in [5, 5.41) is 10.2. The lowest BCUT2D eigenvalue weighted by Gasteiger charge is -2.10. The molecule has 0 aliphatic carbocycles. The number of aliphatic hydroxyl groups excluding tert-OH is 1. The van der Waals surface area contributed by atoms with Crippen molar-refractivity contribution in [3.63, 3.8) is 0 Å². The third-order valence-electron chi connectivity index (χ3n) is 3.50. The number of rotatable bonds is 4. The number of hydrogen-bond acceptors (Lipinski definition) is 5. The Labute approximate surface area is 134 Å². The Balaban J connectivity index is 2.04. The van der Waals surface area contributed by atoms with E-state index in [1.165, 1.54) is 18.2 Å². The molecule has 23 heavy (non-hydrogen) atoms. The van der Waals surface area contributed by atoms with Gasteiger partial charge in [-0.15, -0.1) is 0 Å². The van der Waals surface area contributed by atoms with Gasteiger partial charge < -0.3 is 15.0 Å². The van der Waals surface area contributed by atoms with Crippen LogP contribution >= 0.6 is 0 Å². The maximum absolute atomic E-state index is 12.6. The molecule has 0 bridgehead atoms. The number of fused-ring (bicyclic) bond motifs is 1. The van der Waals surface area contributed by atoms with Crippen LogP contribution in [0.4, 0.5) is 5.69 Å². The first-order valence-electron chi connectivity index (χ1n) is 6.93. The van der Waals surface area contributed by atoms with Crippen LogP contribution in [0, 0.1) is 0 Å². The molecule has 0 aliphatic rings. The van der Waals surface area contributed by atoms with Crippen molar-refractivity contribution in [2.45, 2.75) is 11.5 Å². The van der Waals surface area contributed by atoms with Gasteiger partial charge in [0.2, 0.25) is 0 Å². The second kappa shape index (κ2) is 5.91. The number of anilines is 1. The standard InChI is InChI=1S/C17H15NO4S/c18-16-5-1-4-15-14(16)3-2-6-17(15)23(20,21)22-13-9-7-12(11-19)8-10-13/h1-10,19H,11,18H2. The molecule has 0 radical (unpaired) electrons.